The Morgan fingerprint density at radius 3 is 2.59 bits per heavy atom. The second-order valence-corrected chi connectivity index (χ2v) is 8.23. The summed E-state index contributed by atoms with van der Waals surface area (Å²) in [5.74, 6) is 1.72. The maximum absolute atomic E-state index is 12.9. The first-order chi connectivity index (χ1) is 15.6. The van der Waals surface area contributed by atoms with Gasteiger partial charge in [-0.15, -0.1) is 0 Å². The third kappa shape index (κ3) is 4.82. The Kier molecular flexibility index (Phi) is 6.83. The number of carbonyl (C=O) groups is 1. The van der Waals surface area contributed by atoms with Crippen LogP contribution in [0.4, 0.5) is 5.95 Å². The van der Waals surface area contributed by atoms with Crippen molar-refractivity contribution >= 4 is 22.8 Å². The molecule has 1 aliphatic heterocycles. The highest BCUT2D eigenvalue weighted by Gasteiger charge is 2.28. The monoisotopic (exact) mass is 433 g/mol. The number of hydrogen-bond donors (Lipinski definition) is 1. The van der Waals surface area contributed by atoms with Crippen molar-refractivity contribution in [2.45, 2.75) is 46.1 Å². The van der Waals surface area contributed by atoms with Gasteiger partial charge in [0.25, 0.3) is 0 Å². The molecule has 4 rings (SSSR count). The zero-order valence-corrected chi connectivity index (χ0v) is 19.0. The molecule has 1 atom stereocenters. The number of aromatic nitrogens is 3. The van der Waals surface area contributed by atoms with Crippen molar-refractivity contribution in [2.24, 2.45) is 5.92 Å². The molecule has 0 aliphatic carbocycles. The summed E-state index contributed by atoms with van der Waals surface area (Å²) in [5.41, 5.74) is 2.95. The van der Waals surface area contributed by atoms with Gasteiger partial charge in [0.05, 0.1) is 23.9 Å². The molecule has 3 heterocycles. The smallest absolute Gasteiger partial charge is 0.226 e. The second kappa shape index (κ2) is 9.94. The number of fused-ring (bicyclic) bond motifs is 1. The molecule has 0 saturated carbocycles. The largest absolute Gasteiger partial charge is 0.494 e. The van der Waals surface area contributed by atoms with Crippen LogP contribution in [-0.4, -0.2) is 40.6 Å². The van der Waals surface area contributed by atoms with Crippen molar-refractivity contribution in [3.63, 3.8) is 0 Å². The summed E-state index contributed by atoms with van der Waals surface area (Å²) in [6.45, 7) is 8.24. The average Bonchev–Trinajstić information content (AvgIpc) is 2.83. The van der Waals surface area contributed by atoms with Crippen molar-refractivity contribution in [3.8, 4) is 5.75 Å². The molecule has 168 valence electrons. The maximum Gasteiger partial charge on any atom is 0.226 e. The zero-order valence-electron chi connectivity index (χ0n) is 19.0. The van der Waals surface area contributed by atoms with Crippen LogP contribution in [0.15, 0.2) is 42.7 Å². The number of benzene rings is 1. The third-order valence-electron chi connectivity index (χ3n) is 6.14. The average molecular weight is 434 g/mol. The standard InChI is InChI=1S/C25H31N5O2/c1-4-22(18-8-12-26-13-9-18)28-24(31)19-10-14-30(15-11-19)25-27-17(3)21-16-20(32-5-2)6-7-23(21)29-25/h6-9,12-13,16,19,22H,4-5,10-11,14-15H2,1-3H3,(H,28,31)/t22-/m0/s1. The normalized spacial score (nSPS) is 15.5. The molecule has 0 spiro atoms. The van der Waals surface area contributed by atoms with Gasteiger partial charge in [-0.05, 0) is 69.0 Å². The fourth-order valence-corrected chi connectivity index (χ4v) is 4.29. The van der Waals surface area contributed by atoms with E-state index in [4.69, 9.17) is 14.7 Å². The predicted molar refractivity (Wildman–Crippen MR) is 126 cm³/mol. The van der Waals surface area contributed by atoms with Gasteiger partial charge in [-0.25, -0.2) is 9.97 Å². The number of amides is 1. The Morgan fingerprint density at radius 1 is 1.16 bits per heavy atom. The number of ether oxygens (including phenoxy) is 1. The van der Waals surface area contributed by atoms with E-state index in [2.05, 4.69) is 22.1 Å². The number of anilines is 1. The van der Waals surface area contributed by atoms with Crippen molar-refractivity contribution in [3.05, 3.63) is 54.0 Å². The SMILES string of the molecule is CCOc1ccc2nc(N3CCC(C(=O)N[C@@H](CC)c4ccncc4)CC3)nc(C)c2c1. The summed E-state index contributed by atoms with van der Waals surface area (Å²) in [7, 11) is 0. The molecule has 0 unspecified atom stereocenters. The summed E-state index contributed by atoms with van der Waals surface area (Å²) in [6, 6.07) is 9.90. The Bertz CT molecular complexity index is 1060. The van der Waals surface area contributed by atoms with Gasteiger partial charge in [0.15, 0.2) is 0 Å². The summed E-state index contributed by atoms with van der Waals surface area (Å²) < 4.78 is 5.61. The Hall–Kier alpha value is -3.22. The van der Waals surface area contributed by atoms with Crippen LogP contribution in [0.3, 0.4) is 0 Å². The van der Waals surface area contributed by atoms with E-state index < -0.39 is 0 Å². The van der Waals surface area contributed by atoms with E-state index >= 15 is 0 Å². The van der Waals surface area contributed by atoms with E-state index in [0.717, 1.165) is 66.2 Å². The van der Waals surface area contributed by atoms with Crippen LogP contribution >= 0.6 is 0 Å². The fourth-order valence-electron chi connectivity index (χ4n) is 4.29. The number of carbonyl (C=O) groups excluding carboxylic acids is 1. The van der Waals surface area contributed by atoms with Gasteiger partial charge in [-0.1, -0.05) is 6.92 Å². The maximum atomic E-state index is 12.9. The third-order valence-corrected chi connectivity index (χ3v) is 6.14. The molecular formula is C25H31N5O2. The summed E-state index contributed by atoms with van der Waals surface area (Å²) in [4.78, 5) is 28.7. The number of nitrogens with zero attached hydrogens (tertiary/aromatic N) is 4. The quantitative estimate of drug-likeness (QED) is 0.601. The molecule has 7 heteroatoms. The van der Waals surface area contributed by atoms with Crippen LogP contribution in [0.5, 0.6) is 5.75 Å². The van der Waals surface area contributed by atoms with E-state index in [9.17, 15) is 4.79 Å². The first-order valence-electron chi connectivity index (χ1n) is 11.5. The molecule has 1 saturated heterocycles. The summed E-state index contributed by atoms with van der Waals surface area (Å²) >= 11 is 0. The number of piperidine rings is 1. The van der Waals surface area contributed by atoms with Crippen molar-refractivity contribution < 1.29 is 9.53 Å². The van der Waals surface area contributed by atoms with Crippen molar-refractivity contribution in [1.82, 2.24) is 20.3 Å². The number of nitrogens with one attached hydrogen (secondary N) is 1. The number of hydrogen-bond acceptors (Lipinski definition) is 6. The molecule has 1 N–H and O–H groups in total. The second-order valence-electron chi connectivity index (χ2n) is 8.23. The zero-order chi connectivity index (χ0) is 22.5. The number of rotatable bonds is 7. The van der Waals surface area contributed by atoms with Gasteiger partial charge >= 0.3 is 0 Å². The van der Waals surface area contributed by atoms with Crippen molar-refractivity contribution in [1.29, 1.82) is 0 Å². The molecule has 0 bridgehead atoms. The van der Waals surface area contributed by atoms with E-state index in [0.29, 0.717) is 6.61 Å². The number of pyridine rings is 1. The molecule has 1 amide bonds. The predicted octanol–water partition coefficient (Wildman–Crippen LogP) is 4.22. The summed E-state index contributed by atoms with van der Waals surface area (Å²) in [6.07, 6.45) is 5.98. The van der Waals surface area contributed by atoms with Crippen LogP contribution < -0.4 is 15.0 Å². The molecule has 32 heavy (non-hydrogen) atoms. The highest BCUT2D eigenvalue weighted by Crippen LogP contribution is 2.27. The molecule has 2 aromatic heterocycles. The minimum absolute atomic E-state index is 0.0115. The molecular weight excluding hydrogens is 402 g/mol. The molecule has 7 nitrogen and oxygen atoms in total. The van der Waals surface area contributed by atoms with E-state index in [1.165, 1.54) is 0 Å². The Balaban J connectivity index is 1.40. The number of aryl methyl sites for hydroxylation is 1. The molecule has 1 fully saturated rings. The Morgan fingerprint density at radius 2 is 1.91 bits per heavy atom. The highest BCUT2D eigenvalue weighted by atomic mass is 16.5. The summed E-state index contributed by atoms with van der Waals surface area (Å²) in [5, 5.41) is 4.24. The lowest BCUT2D eigenvalue weighted by molar-refractivity contribution is -0.126. The van der Waals surface area contributed by atoms with Crippen LogP contribution in [0.1, 0.15) is 50.4 Å². The lowest BCUT2D eigenvalue weighted by Crippen LogP contribution is -2.42. The lowest BCUT2D eigenvalue weighted by atomic mass is 9.95. The first-order valence-corrected chi connectivity index (χ1v) is 11.5. The lowest BCUT2D eigenvalue weighted by Gasteiger charge is -2.32. The minimum atomic E-state index is 0.0115. The van der Waals surface area contributed by atoms with Gasteiger partial charge in [0.1, 0.15) is 5.75 Å². The van der Waals surface area contributed by atoms with E-state index in [-0.39, 0.29) is 17.9 Å². The first kappa shape index (κ1) is 22.0. The fraction of sp³-hybridized carbons (Fsp3) is 0.440. The molecule has 0 radical (unpaired) electrons. The molecule has 1 aromatic carbocycles. The molecule has 1 aliphatic rings. The van der Waals surface area contributed by atoms with Gasteiger partial charge in [0.2, 0.25) is 11.9 Å². The topological polar surface area (TPSA) is 80.2 Å². The van der Waals surface area contributed by atoms with Gasteiger partial charge < -0.3 is 15.0 Å². The van der Waals surface area contributed by atoms with Crippen LogP contribution in [0.25, 0.3) is 10.9 Å². The van der Waals surface area contributed by atoms with Crippen LogP contribution in [0.2, 0.25) is 0 Å². The highest BCUT2D eigenvalue weighted by molar-refractivity contribution is 5.83. The van der Waals surface area contributed by atoms with E-state index in [1.54, 1.807) is 12.4 Å². The van der Waals surface area contributed by atoms with Crippen LogP contribution in [0, 0.1) is 12.8 Å². The van der Waals surface area contributed by atoms with Gasteiger partial charge in [-0.3, -0.25) is 9.78 Å². The van der Waals surface area contributed by atoms with E-state index in [1.807, 2.05) is 44.2 Å². The molecule has 3 aromatic rings. The van der Waals surface area contributed by atoms with Gasteiger partial charge in [0, 0.05) is 36.8 Å². The van der Waals surface area contributed by atoms with Gasteiger partial charge in [-0.2, -0.15) is 0 Å². The van der Waals surface area contributed by atoms with Crippen LogP contribution in [-0.2, 0) is 4.79 Å². The minimum Gasteiger partial charge on any atom is -0.494 e. The van der Waals surface area contributed by atoms with Crippen molar-refractivity contribution in [2.75, 3.05) is 24.6 Å². The Labute approximate surface area is 189 Å².